The first-order valence-corrected chi connectivity index (χ1v) is 7.87. The van der Waals surface area contributed by atoms with Crippen LogP contribution in [0.1, 0.15) is 58.2 Å². The first-order chi connectivity index (χ1) is 9.49. The zero-order chi connectivity index (χ0) is 15.3. The molecule has 2 nitrogen and oxygen atoms in total. The van der Waals surface area contributed by atoms with E-state index in [9.17, 15) is 0 Å². The van der Waals surface area contributed by atoms with Gasteiger partial charge in [0.05, 0.1) is 0 Å². The quantitative estimate of drug-likeness (QED) is 0.726. The van der Waals surface area contributed by atoms with Gasteiger partial charge < -0.3 is 4.90 Å². The normalized spacial score (nSPS) is 17.9. The largest absolute Gasteiger partial charge is 0.356 e. The first kappa shape index (κ1) is 16.7. The lowest BCUT2D eigenvalue weighted by molar-refractivity contribution is 0.692. The van der Waals surface area contributed by atoms with Crippen molar-refractivity contribution in [3.63, 3.8) is 0 Å². The number of rotatable bonds is 3. The first-order valence-electron chi connectivity index (χ1n) is 7.87. The van der Waals surface area contributed by atoms with Gasteiger partial charge in [0, 0.05) is 18.8 Å². The van der Waals surface area contributed by atoms with Gasteiger partial charge in [0.15, 0.2) is 0 Å². The Kier molecular flexibility index (Phi) is 6.25. The van der Waals surface area contributed by atoms with Crippen molar-refractivity contribution in [3.05, 3.63) is 35.5 Å². The summed E-state index contributed by atoms with van der Waals surface area (Å²) in [5, 5.41) is 0. The van der Waals surface area contributed by atoms with Gasteiger partial charge in [-0.2, -0.15) is 0 Å². The fourth-order valence-electron chi connectivity index (χ4n) is 2.72. The molecule has 0 N–H and O–H groups in total. The molecule has 1 fully saturated rings. The van der Waals surface area contributed by atoms with Crippen LogP contribution in [0.2, 0.25) is 0 Å². The van der Waals surface area contributed by atoms with E-state index in [1.165, 1.54) is 23.3 Å². The third-order valence-electron chi connectivity index (χ3n) is 3.94. The van der Waals surface area contributed by atoms with Crippen molar-refractivity contribution in [3.8, 4) is 0 Å². The van der Waals surface area contributed by atoms with Crippen molar-refractivity contribution < 1.29 is 0 Å². The van der Waals surface area contributed by atoms with E-state index >= 15 is 0 Å². The summed E-state index contributed by atoms with van der Waals surface area (Å²) in [4.78, 5) is 7.15. The predicted molar refractivity (Wildman–Crippen MR) is 89.5 cm³/mol. The minimum atomic E-state index is 0.549. The third kappa shape index (κ3) is 3.84. The van der Waals surface area contributed by atoms with Gasteiger partial charge in [-0.05, 0) is 43.7 Å². The van der Waals surface area contributed by atoms with Crippen LogP contribution in [0.15, 0.2) is 24.3 Å². The van der Waals surface area contributed by atoms with Crippen LogP contribution in [0, 0.1) is 12.8 Å². The molecule has 0 amide bonds. The number of anilines is 1. The standard InChI is InChI=1S/C16H24N2.C2H6/c1-11(2)14-8-9-18(10-14)16-7-6-15(12(3)4)13(5)17-16;1-2/h6-7,12,14H,1,8-10H2,2-5H3;1-2H3. The van der Waals surface area contributed by atoms with Crippen molar-refractivity contribution in [2.24, 2.45) is 5.92 Å². The Bertz CT molecular complexity index is 449. The number of nitrogens with zero attached hydrogens (tertiary/aromatic N) is 2. The van der Waals surface area contributed by atoms with Crippen LogP contribution in [0.3, 0.4) is 0 Å². The van der Waals surface area contributed by atoms with Gasteiger partial charge in [-0.1, -0.05) is 45.9 Å². The summed E-state index contributed by atoms with van der Waals surface area (Å²) in [5.41, 5.74) is 3.82. The Hall–Kier alpha value is -1.31. The molecule has 1 aromatic heterocycles. The Balaban J connectivity index is 0.000000956. The zero-order valence-corrected chi connectivity index (χ0v) is 14.0. The summed E-state index contributed by atoms with van der Waals surface area (Å²) in [5.74, 6) is 2.31. The van der Waals surface area contributed by atoms with Crippen LogP contribution >= 0.6 is 0 Å². The second-order valence-corrected chi connectivity index (χ2v) is 5.78. The van der Waals surface area contributed by atoms with E-state index in [1.54, 1.807) is 0 Å². The highest BCUT2D eigenvalue weighted by Gasteiger charge is 2.24. The lowest BCUT2D eigenvalue weighted by Crippen LogP contribution is -2.21. The van der Waals surface area contributed by atoms with E-state index in [4.69, 9.17) is 4.98 Å². The van der Waals surface area contributed by atoms with Gasteiger partial charge in [0.25, 0.3) is 0 Å². The van der Waals surface area contributed by atoms with Crippen LogP contribution in [-0.2, 0) is 0 Å². The molecule has 0 saturated carbocycles. The number of hydrogen-bond acceptors (Lipinski definition) is 2. The van der Waals surface area contributed by atoms with Crippen molar-refractivity contribution >= 4 is 5.82 Å². The van der Waals surface area contributed by atoms with E-state index in [0.717, 1.165) is 18.9 Å². The summed E-state index contributed by atoms with van der Waals surface area (Å²) in [6.07, 6.45) is 1.21. The van der Waals surface area contributed by atoms with Crippen LogP contribution in [0.5, 0.6) is 0 Å². The molecule has 2 heteroatoms. The van der Waals surface area contributed by atoms with E-state index in [0.29, 0.717) is 11.8 Å². The predicted octanol–water partition coefficient (Wildman–Crippen LogP) is 4.94. The van der Waals surface area contributed by atoms with Crippen LogP contribution < -0.4 is 4.90 Å². The van der Waals surface area contributed by atoms with E-state index < -0.39 is 0 Å². The highest BCUT2D eigenvalue weighted by Crippen LogP contribution is 2.28. The molecule has 112 valence electrons. The van der Waals surface area contributed by atoms with Crippen LogP contribution in [0.25, 0.3) is 0 Å². The fraction of sp³-hybridized carbons (Fsp3) is 0.611. The minimum absolute atomic E-state index is 0.549. The molecule has 1 saturated heterocycles. The Morgan fingerprint density at radius 1 is 1.35 bits per heavy atom. The number of pyridine rings is 1. The van der Waals surface area contributed by atoms with Crippen LogP contribution in [-0.4, -0.2) is 18.1 Å². The van der Waals surface area contributed by atoms with Crippen molar-refractivity contribution in [1.29, 1.82) is 0 Å². The Morgan fingerprint density at radius 3 is 2.45 bits per heavy atom. The average Bonchev–Trinajstić information content (AvgIpc) is 2.90. The molecule has 0 spiro atoms. The number of hydrogen-bond donors (Lipinski definition) is 0. The van der Waals surface area contributed by atoms with Crippen molar-refractivity contribution in [2.45, 2.75) is 53.9 Å². The van der Waals surface area contributed by atoms with Gasteiger partial charge in [-0.15, -0.1) is 0 Å². The number of aromatic nitrogens is 1. The molecular formula is C18H30N2. The molecule has 0 aliphatic carbocycles. The molecule has 1 atom stereocenters. The summed E-state index contributed by atoms with van der Waals surface area (Å²) < 4.78 is 0. The topological polar surface area (TPSA) is 16.1 Å². The molecule has 0 aromatic carbocycles. The zero-order valence-electron chi connectivity index (χ0n) is 14.0. The molecule has 2 heterocycles. The molecule has 1 aliphatic rings. The van der Waals surface area contributed by atoms with E-state index in [2.05, 4.69) is 51.3 Å². The van der Waals surface area contributed by atoms with Gasteiger partial charge in [0.1, 0.15) is 5.82 Å². The lowest BCUT2D eigenvalue weighted by atomic mass is 10.0. The van der Waals surface area contributed by atoms with E-state index in [1.807, 2.05) is 13.8 Å². The van der Waals surface area contributed by atoms with Crippen molar-refractivity contribution in [2.75, 3.05) is 18.0 Å². The average molecular weight is 274 g/mol. The summed E-state index contributed by atoms with van der Waals surface area (Å²) in [6, 6.07) is 4.40. The Morgan fingerprint density at radius 2 is 2.00 bits per heavy atom. The van der Waals surface area contributed by atoms with Gasteiger partial charge in [-0.25, -0.2) is 4.98 Å². The monoisotopic (exact) mass is 274 g/mol. The van der Waals surface area contributed by atoms with E-state index in [-0.39, 0.29) is 0 Å². The highest BCUT2D eigenvalue weighted by molar-refractivity contribution is 5.44. The minimum Gasteiger partial charge on any atom is -0.356 e. The molecule has 2 rings (SSSR count). The second-order valence-electron chi connectivity index (χ2n) is 5.78. The van der Waals surface area contributed by atoms with Gasteiger partial charge in [-0.3, -0.25) is 0 Å². The van der Waals surface area contributed by atoms with Gasteiger partial charge >= 0.3 is 0 Å². The fourth-order valence-corrected chi connectivity index (χ4v) is 2.72. The molecule has 1 aliphatic heterocycles. The molecule has 0 bridgehead atoms. The molecule has 1 aromatic rings. The maximum atomic E-state index is 4.77. The van der Waals surface area contributed by atoms with Crippen molar-refractivity contribution in [1.82, 2.24) is 4.98 Å². The second kappa shape index (κ2) is 7.47. The maximum absolute atomic E-state index is 4.77. The molecule has 0 radical (unpaired) electrons. The molecule has 20 heavy (non-hydrogen) atoms. The summed E-state index contributed by atoms with van der Waals surface area (Å²) >= 11 is 0. The SMILES string of the molecule is C=C(C)C1CCN(c2ccc(C(C)C)c(C)n2)C1.CC. The Labute approximate surface area is 124 Å². The summed E-state index contributed by atoms with van der Waals surface area (Å²) in [6.45, 7) is 18.9. The summed E-state index contributed by atoms with van der Waals surface area (Å²) in [7, 11) is 0. The smallest absolute Gasteiger partial charge is 0.128 e. The molecular weight excluding hydrogens is 244 g/mol. The van der Waals surface area contributed by atoms with Crippen LogP contribution in [0.4, 0.5) is 5.82 Å². The lowest BCUT2D eigenvalue weighted by Gasteiger charge is -2.19. The number of aryl methyl sites for hydroxylation is 1. The maximum Gasteiger partial charge on any atom is 0.128 e. The molecule has 1 unspecified atom stereocenters. The van der Waals surface area contributed by atoms with Gasteiger partial charge in [0.2, 0.25) is 0 Å². The third-order valence-corrected chi connectivity index (χ3v) is 3.94. The highest BCUT2D eigenvalue weighted by atomic mass is 15.2.